The van der Waals surface area contributed by atoms with E-state index in [-0.39, 0.29) is 19.1 Å². The van der Waals surface area contributed by atoms with Crippen LogP contribution >= 0.6 is 0 Å². The fourth-order valence-electron chi connectivity index (χ4n) is 2.65. The number of nitrogens with zero attached hydrogens (tertiary/aromatic N) is 3. The number of carboxylic acid groups (broad SMARTS) is 1. The molecule has 1 fully saturated rings. The molecule has 1 aliphatic heterocycles. The van der Waals surface area contributed by atoms with Gasteiger partial charge in [-0.05, 0) is 6.07 Å². The number of methoxy groups -OCH3 is 1. The summed E-state index contributed by atoms with van der Waals surface area (Å²) in [4.78, 5) is 31.0. The molecule has 0 bridgehead atoms. The second kappa shape index (κ2) is 7.89. The first kappa shape index (κ1) is 17.2. The molecule has 1 aliphatic rings. The summed E-state index contributed by atoms with van der Waals surface area (Å²) in [6.07, 6.45) is 1.62. The molecular formula is C15H22N4O4. The highest BCUT2D eigenvalue weighted by molar-refractivity contribution is 5.78. The van der Waals surface area contributed by atoms with Crippen molar-refractivity contribution in [2.45, 2.75) is 6.54 Å². The average Bonchev–Trinajstić information content (AvgIpc) is 2.73. The predicted molar refractivity (Wildman–Crippen MR) is 83.5 cm³/mol. The number of carboxylic acids is 1. The minimum atomic E-state index is -0.911. The third kappa shape index (κ3) is 4.64. The number of anilines is 1. The van der Waals surface area contributed by atoms with E-state index >= 15 is 0 Å². The highest BCUT2D eigenvalue weighted by Gasteiger charge is 2.30. The molecule has 0 aliphatic carbocycles. The van der Waals surface area contributed by atoms with Gasteiger partial charge in [-0.2, -0.15) is 0 Å². The zero-order valence-electron chi connectivity index (χ0n) is 13.1. The number of carbonyl (C=O) groups is 2. The van der Waals surface area contributed by atoms with E-state index in [2.05, 4.69) is 4.98 Å². The van der Waals surface area contributed by atoms with Gasteiger partial charge >= 0.3 is 5.97 Å². The molecule has 2 rings (SSSR count). The van der Waals surface area contributed by atoms with Gasteiger partial charge in [0.15, 0.2) is 0 Å². The number of carbonyl (C=O) groups excluding carboxylic acids is 1. The Morgan fingerprint density at radius 2 is 2.22 bits per heavy atom. The van der Waals surface area contributed by atoms with Crippen molar-refractivity contribution in [3.63, 3.8) is 0 Å². The number of rotatable bonds is 5. The van der Waals surface area contributed by atoms with Gasteiger partial charge in [-0.3, -0.25) is 14.5 Å². The van der Waals surface area contributed by atoms with Crippen LogP contribution in [0.2, 0.25) is 0 Å². The maximum absolute atomic E-state index is 12.0. The van der Waals surface area contributed by atoms with Gasteiger partial charge in [0.25, 0.3) is 0 Å². The van der Waals surface area contributed by atoms with E-state index in [1.807, 2.05) is 11.0 Å². The van der Waals surface area contributed by atoms with Gasteiger partial charge < -0.3 is 20.5 Å². The van der Waals surface area contributed by atoms with Crippen LogP contribution in [0.25, 0.3) is 0 Å². The van der Waals surface area contributed by atoms with Gasteiger partial charge in [-0.25, -0.2) is 4.98 Å². The predicted octanol–water partition coefficient (Wildman–Crippen LogP) is -0.345. The molecule has 1 aromatic heterocycles. The number of aromatic nitrogens is 1. The van der Waals surface area contributed by atoms with Crippen molar-refractivity contribution in [3.8, 4) is 0 Å². The molecule has 3 N–H and O–H groups in total. The van der Waals surface area contributed by atoms with Gasteiger partial charge in [0, 0.05) is 51.6 Å². The van der Waals surface area contributed by atoms with E-state index in [1.165, 1.54) is 7.11 Å². The van der Waals surface area contributed by atoms with E-state index in [1.54, 1.807) is 17.2 Å². The maximum atomic E-state index is 12.0. The lowest BCUT2D eigenvalue weighted by Crippen LogP contribution is -2.39. The lowest BCUT2D eigenvalue weighted by Gasteiger charge is -2.22. The molecule has 1 atom stereocenters. The Morgan fingerprint density at radius 1 is 1.43 bits per heavy atom. The van der Waals surface area contributed by atoms with E-state index in [0.29, 0.717) is 32.0 Å². The number of hydrogen-bond donors (Lipinski definition) is 2. The minimum Gasteiger partial charge on any atom is -0.481 e. The van der Waals surface area contributed by atoms with Crippen LogP contribution in [-0.2, 0) is 20.9 Å². The fourth-order valence-corrected chi connectivity index (χ4v) is 2.65. The average molecular weight is 322 g/mol. The second-order valence-corrected chi connectivity index (χ2v) is 5.59. The van der Waals surface area contributed by atoms with Crippen LogP contribution in [0, 0.1) is 5.92 Å². The lowest BCUT2D eigenvalue weighted by molar-refractivity contribution is -0.144. The van der Waals surface area contributed by atoms with E-state index in [9.17, 15) is 14.7 Å². The maximum Gasteiger partial charge on any atom is 0.309 e. The number of nitrogen functional groups attached to an aromatic ring is 1. The molecule has 1 amide bonds. The van der Waals surface area contributed by atoms with Gasteiger partial charge in [-0.15, -0.1) is 0 Å². The van der Waals surface area contributed by atoms with E-state index in [4.69, 9.17) is 10.5 Å². The normalized spacial score (nSPS) is 19.3. The van der Waals surface area contributed by atoms with Crippen LogP contribution in [0.3, 0.4) is 0 Å². The molecule has 126 valence electrons. The number of ether oxygens (including phenoxy) is 1. The summed E-state index contributed by atoms with van der Waals surface area (Å²) < 4.78 is 4.85. The number of pyridine rings is 1. The van der Waals surface area contributed by atoms with Crippen LogP contribution in [0.15, 0.2) is 18.3 Å². The largest absolute Gasteiger partial charge is 0.481 e. The Balaban J connectivity index is 2.09. The SMILES string of the molecule is COCC(=O)N1CCN(Cc2cccnc2N)C[C@H](C(=O)O)C1. The summed E-state index contributed by atoms with van der Waals surface area (Å²) in [6, 6.07) is 3.67. The van der Waals surface area contributed by atoms with E-state index in [0.717, 1.165) is 5.56 Å². The molecule has 1 saturated heterocycles. The number of hydrogen-bond acceptors (Lipinski definition) is 6. The Labute approximate surface area is 134 Å². The topological polar surface area (TPSA) is 109 Å². The second-order valence-electron chi connectivity index (χ2n) is 5.59. The van der Waals surface area contributed by atoms with Crippen LogP contribution < -0.4 is 5.73 Å². The minimum absolute atomic E-state index is 0.0398. The lowest BCUT2D eigenvalue weighted by atomic mass is 10.1. The van der Waals surface area contributed by atoms with Crippen molar-refractivity contribution in [1.29, 1.82) is 0 Å². The van der Waals surface area contributed by atoms with Crippen LogP contribution in [-0.4, -0.2) is 71.7 Å². The molecule has 0 aromatic carbocycles. The zero-order valence-corrected chi connectivity index (χ0v) is 13.1. The highest BCUT2D eigenvalue weighted by Crippen LogP contribution is 2.16. The summed E-state index contributed by atoms with van der Waals surface area (Å²) >= 11 is 0. The molecule has 1 aromatic rings. The van der Waals surface area contributed by atoms with Crippen LogP contribution in [0.4, 0.5) is 5.82 Å². The van der Waals surface area contributed by atoms with Crippen molar-refractivity contribution in [1.82, 2.24) is 14.8 Å². The number of aliphatic carboxylic acids is 1. The third-order valence-corrected chi connectivity index (χ3v) is 3.90. The first-order valence-corrected chi connectivity index (χ1v) is 7.42. The third-order valence-electron chi connectivity index (χ3n) is 3.90. The first-order valence-electron chi connectivity index (χ1n) is 7.42. The monoisotopic (exact) mass is 322 g/mol. The smallest absolute Gasteiger partial charge is 0.309 e. The number of nitrogens with two attached hydrogens (primary N) is 1. The summed E-state index contributed by atoms with van der Waals surface area (Å²) in [5.41, 5.74) is 6.71. The Morgan fingerprint density at radius 3 is 2.87 bits per heavy atom. The molecule has 0 spiro atoms. The van der Waals surface area contributed by atoms with Crippen molar-refractivity contribution in [3.05, 3.63) is 23.9 Å². The Hall–Kier alpha value is -2.19. The van der Waals surface area contributed by atoms with Gasteiger partial charge in [0.05, 0.1) is 5.92 Å². The fraction of sp³-hybridized carbons (Fsp3) is 0.533. The molecule has 0 radical (unpaired) electrons. The summed E-state index contributed by atoms with van der Waals surface area (Å²) in [7, 11) is 1.45. The molecule has 8 heteroatoms. The molecule has 8 nitrogen and oxygen atoms in total. The first-order chi connectivity index (χ1) is 11.0. The van der Waals surface area contributed by atoms with Crippen LogP contribution in [0.1, 0.15) is 5.56 Å². The molecule has 0 saturated carbocycles. The van der Waals surface area contributed by atoms with Crippen molar-refractivity contribution in [2.24, 2.45) is 5.92 Å². The highest BCUT2D eigenvalue weighted by atomic mass is 16.5. The van der Waals surface area contributed by atoms with Crippen molar-refractivity contribution < 1.29 is 19.4 Å². The van der Waals surface area contributed by atoms with Gasteiger partial charge in [-0.1, -0.05) is 6.07 Å². The van der Waals surface area contributed by atoms with Gasteiger partial charge in [0.1, 0.15) is 12.4 Å². The number of amides is 1. The van der Waals surface area contributed by atoms with E-state index < -0.39 is 11.9 Å². The molecular weight excluding hydrogens is 300 g/mol. The van der Waals surface area contributed by atoms with Crippen molar-refractivity contribution in [2.75, 3.05) is 45.6 Å². The summed E-state index contributed by atoms with van der Waals surface area (Å²) in [6.45, 7) is 2.06. The molecule has 0 unspecified atom stereocenters. The Bertz CT molecular complexity index is 566. The summed E-state index contributed by atoms with van der Waals surface area (Å²) in [5, 5.41) is 9.40. The zero-order chi connectivity index (χ0) is 16.8. The quantitative estimate of drug-likeness (QED) is 0.763. The van der Waals surface area contributed by atoms with Gasteiger partial charge in [0.2, 0.25) is 5.91 Å². The van der Waals surface area contributed by atoms with Crippen molar-refractivity contribution >= 4 is 17.7 Å². The summed E-state index contributed by atoms with van der Waals surface area (Å²) in [5.74, 6) is -1.31. The Kier molecular flexibility index (Phi) is 5.89. The molecule has 2 heterocycles. The molecule has 23 heavy (non-hydrogen) atoms. The van der Waals surface area contributed by atoms with Crippen LogP contribution in [0.5, 0.6) is 0 Å². The standard InChI is InChI=1S/C15H22N4O4/c1-23-10-13(20)19-6-5-18(8-12(9-19)15(21)22)7-11-3-2-4-17-14(11)16/h2-4,12H,5-10H2,1H3,(H2,16,17)(H,21,22)/t12-/m0/s1.